The highest BCUT2D eigenvalue weighted by atomic mass is 32.2. The maximum Gasteiger partial charge on any atom is 0.174 e. The van der Waals surface area contributed by atoms with E-state index in [2.05, 4.69) is 41.4 Å². The molecule has 0 aliphatic heterocycles. The fourth-order valence-corrected chi connectivity index (χ4v) is 3.00. The lowest BCUT2D eigenvalue weighted by atomic mass is 10.2. The molecule has 0 bridgehead atoms. The van der Waals surface area contributed by atoms with Crippen LogP contribution in [0.15, 0.2) is 27.4 Å². The van der Waals surface area contributed by atoms with Gasteiger partial charge in [-0.1, -0.05) is 29.5 Å². The van der Waals surface area contributed by atoms with E-state index in [1.165, 1.54) is 27.6 Å². The normalized spacial score (nSPS) is 10.6. The van der Waals surface area contributed by atoms with Crippen LogP contribution in [-0.4, -0.2) is 9.36 Å². The van der Waals surface area contributed by atoms with E-state index in [9.17, 15) is 0 Å². The number of hydrogen-bond acceptors (Lipinski definition) is 4. The highest BCUT2D eigenvalue weighted by molar-refractivity contribution is 8.01. The Kier molecular flexibility index (Phi) is 3.07. The SMILES string of the molecule is Cc1ccc(Sc2nc(C)ns2)c(C)c1. The smallest absolute Gasteiger partial charge is 0.174 e. The van der Waals surface area contributed by atoms with Crippen molar-refractivity contribution in [3.63, 3.8) is 0 Å². The van der Waals surface area contributed by atoms with Crippen LogP contribution in [0, 0.1) is 20.8 Å². The third-order valence-corrected chi connectivity index (χ3v) is 4.06. The Balaban J connectivity index is 2.24. The summed E-state index contributed by atoms with van der Waals surface area (Å²) in [7, 11) is 0. The molecule has 2 aromatic rings. The molecule has 78 valence electrons. The van der Waals surface area contributed by atoms with Gasteiger partial charge in [-0.25, -0.2) is 4.98 Å². The number of rotatable bonds is 2. The minimum Gasteiger partial charge on any atom is -0.213 e. The predicted octanol–water partition coefficient (Wildman–Crippen LogP) is 3.61. The van der Waals surface area contributed by atoms with Crippen molar-refractivity contribution in [3.8, 4) is 0 Å². The lowest BCUT2D eigenvalue weighted by Gasteiger charge is -2.03. The number of nitrogens with zero attached hydrogens (tertiary/aromatic N) is 2. The summed E-state index contributed by atoms with van der Waals surface area (Å²) in [6.07, 6.45) is 0. The van der Waals surface area contributed by atoms with E-state index in [4.69, 9.17) is 0 Å². The van der Waals surface area contributed by atoms with Gasteiger partial charge in [-0.15, -0.1) is 0 Å². The number of aryl methyl sites for hydroxylation is 3. The molecular formula is C11H12N2S2. The minimum atomic E-state index is 0.854. The molecule has 1 aromatic carbocycles. The topological polar surface area (TPSA) is 25.8 Å². The van der Waals surface area contributed by atoms with Gasteiger partial charge >= 0.3 is 0 Å². The average molecular weight is 236 g/mol. The molecule has 2 nitrogen and oxygen atoms in total. The number of benzene rings is 1. The van der Waals surface area contributed by atoms with Crippen molar-refractivity contribution in [2.45, 2.75) is 30.0 Å². The molecule has 0 unspecified atom stereocenters. The number of aromatic nitrogens is 2. The van der Waals surface area contributed by atoms with Crippen molar-refractivity contribution in [2.24, 2.45) is 0 Å². The van der Waals surface area contributed by atoms with Crippen molar-refractivity contribution in [1.82, 2.24) is 9.36 Å². The van der Waals surface area contributed by atoms with E-state index in [0.29, 0.717) is 0 Å². The van der Waals surface area contributed by atoms with E-state index in [1.54, 1.807) is 11.8 Å². The van der Waals surface area contributed by atoms with Crippen LogP contribution in [0.25, 0.3) is 0 Å². The first-order valence-corrected chi connectivity index (χ1v) is 6.29. The van der Waals surface area contributed by atoms with Gasteiger partial charge in [-0.3, -0.25) is 0 Å². The van der Waals surface area contributed by atoms with Gasteiger partial charge < -0.3 is 0 Å². The molecule has 0 aliphatic carbocycles. The molecule has 1 heterocycles. The maximum atomic E-state index is 4.34. The summed E-state index contributed by atoms with van der Waals surface area (Å²) in [5, 5.41) is 0. The highest BCUT2D eigenvalue weighted by Crippen LogP contribution is 2.31. The quantitative estimate of drug-likeness (QED) is 0.796. The van der Waals surface area contributed by atoms with Gasteiger partial charge in [0, 0.05) is 4.90 Å². The van der Waals surface area contributed by atoms with Crippen LogP contribution in [0.1, 0.15) is 17.0 Å². The molecule has 0 atom stereocenters. The van der Waals surface area contributed by atoms with Crippen molar-refractivity contribution in [3.05, 3.63) is 35.2 Å². The molecule has 15 heavy (non-hydrogen) atoms. The van der Waals surface area contributed by atoms with Crippen LogP contribution in [0.4, 0.5) is 0 Å². The van der Waals surface area contributed by atoms with Crippen molar-refractivity contribution in [2.75, 3.05) is 0 Å². The number of hydrogen-bond donors (Lipinski definition) is 0. The molecule has 0 aliphatic rings. The molecule has 4 heteroatoms. The molecule has 0 N–H and O–H groups in total. The Labute approximate surface area is 97.9 Å². The van der Waals surface area contributed by atoms with Gasteiger partial charge in [-0.2, -0.15) is 4.37 Å². The molecule has 0 radical (unpaired) electrons. The van der Waals surface area contributed by atoms with E-state index < -0.39 is 0 Å². The molecule has 0 fully saturated rings. The van der Waals surface area contributed by atoms with E-state index in [0.717, 1.165) is 10.2 Å². The Morgan fingerprint density at radius 1 is 1.20 bits per heavy atom. The molecular weight excluding hydrogens is 224 g/mol. The average Bonchev–Trinajstić information content (AvgIpc) is 2.56. The first-order valence-electron chi connectivity index (χ1n) is 4.70. The van der Waals surface area contributed by atoms with Crippen LogP contribution in [0.2, 0.25) is 0 Å². The lowest BCUT2D eigenvalue weighted by Crippen LogP contribution is -1.81. The molecule has 0 saturated heterocycles. The summed E-state index contributed by atoms with van der Waals surface area (Å²) < 4.78 is 5.18. The van der Waals surface area contributed by atoms with E-state index in [-0.39, 0.29) is 0 Å². The van der Waals surface area contributed by atoms with Crippen LogP contribution < -0.4 is 0 Å². The van der Waals surface area contributed by atoms with Crippen LogP contribution >= 0.6 is 23.3 Å². The zero-order chi connectivity index (χ0) is 10.8. The van der Waals surface area contributed by atoms with Gasteiger partial charge in [0.15, 0.2) is 4.34 Å². The maximum absolute atomic E-state index is 4.34. The third-order valence-electron chi connectivity index (χ3n) is 2.04. The Morgan fingerprint density at radius 2 is 2.00 bits per heavy atom. The summed E-state index contributed by atoms with van der Waals surface area (Å²) in [4.78, 5) is 5.60. The zero-order valence-electron chi connectivity index (χ0n) is 8.94. The highest BCUT2D eigenvalue weighted by Gasteiger charge is 2.05. The Bertz CT molecular complexity index is 477. The largest absolute Gasteiger partial charge is 0.213 e. The summed E-state index contributed by atoms with van der Waals surface area (Å²) >= 11 is 3.15. The van der Waals surface area contributed by atoms with Gasteiger partial charge in [0.25, 0.3) is 0 Å². The lowest BCUT2D eigenvalue weighted by molar-refractivity contribution is 1.10. The Hall–Kier alpha value is -0.870. The monoisotopic (exact) mass is 236 g/mol. The molecule has 2 rings (SSSR count). The summed E-state index contributed by atoms with van der Waals surface area (Å²) in [5.74, 6) is 0.854. The second kappa shape index (κ2) is 4.33. The second-order valence-corrected chi connectivity index (χ2v) is 5.52. The summed E-state index contributed by atoms with van der Waals surface area (Å²) in [5.41, 5.74) is 2.60. The van der Waals surface area contributed by atoms with Crippen molar-refractivity contribution < 1.29 is 0 Å². The van der Waals surface area contributed by atoms with Gasteiger partial charge in [0.05, 0.1) is 0 Å². The van der Waals surface area contributed by atoms with Gasteiger partial charge in [-0.05, 0) is 43.9 Å². The fourth-order valence-electron chi connectivity index (χ4n) is 1.33. The minimum absolute atomic E-state index is 0.854. The van der Waals surface area contributed by atoms with Crippen LogP contribution in [0.5, 0.6) is 0 Å². The first kappa shape index (κ1) is 10.6. The Morgan fingerprint density at radius 3 is 2.60 bits per heavy atom. The predicted molar refractivity (Wildman–Crippen MR) is 64.7 cm³/mol. The van der Waals surface area contributed by atoms with Gasteiger partial charge in [0.1, 0.15) is 5.82 Å². The first-order chi connectivity index (χ1) is 7.15. The van der Waals surface area contributed by atoms with E-state index >= 15 is 0 Å². The molecule has 0 saturated carbocycles. The van der Waals surface area contributed by atoms with Crippen molar-refractivity contribution in [1.29, 1.82) is 0 Å². The van der Waals surface area contributed by atoms with Crippen molar-refractivity contribution >= 4 is 23.3 Å². The zero-order valence-corrected chi connectivity index (χ0v) is 10.6. The summed E-state index contributed by atoms with van der Waals surface area (Å²) in [6.45, 7) is 6.16. The molecule has 0 spiro atoms. The van der Waals surface area contributed by atoms with Gasteiger partial charge in [0.2, 0.25) is 0 Å². The van der Waals surface area contributed by atoms with E-state index in [1.807, 2.05) is 6.92 Å². The van der Waals surface area contributed by atoms with Crippen LogP contribution in [0.3, 0.4) is 0 Å². The third kappa shape index (κ3) is 2.58. The van der Waals surface area contributed by atoms with Crippen LogP contribution in [-0.2, 0) is 0 Å². The molecule has 0 amide bonds. The molecule has 1 aromatic heterocycles. The standard InChI is InChI=1S/C11H12N2S2/c1-7-4-5-10(8(2)6-7)14-11-12-9(3)13-15-11/h4-6H,1-3H3. The summed E-state index contributed by atoms with van der Waals surface area (Å²) in [6, 6.07) is 6.46. The second-order valence-electron chi connectivity index (χ2n) is 3.48. The fraction of sp³-hybridized carbons (Fsp3) is 0.273.